The molecule has 0 unspecified atom stereocenters. The van der Waals surface area contributed by atoms with E-state index in [2.05, 4.69) is 4.72 Å². The van der Waals surface area contributed by atoms with Crippen LogP contribution in [0.15, 0.2) is 23.1 Å². The van der Waals surface area contributed by atoms with Crippen molar-refractivity contribution in [3.05, 3.63) is 29.8 Å². The smallest absolute Gasteiger partial charge is 0.246 e. The van der Waals surface area contributed by atoms with Crippen molar-refractivity contribution in [2.24, 2.45) is 0 Å². The molecule has 0 amide bonds. The number of halogens is 2. The van der Waals surface area contributed by atoms with Gasteiger partial charge in [-0.3, -0.25) is 0 Å². The standard InChI is InChI=1S/C12H18F2N2O2S/c1-3-16(4-2)9-8-15-19(17,18)12-10(13)6-5-7-11(12)14/h5-7,15H,3-4,8-9H2,1-2H3/p+1. The number of nitrogens with one attached hydrogen (secondary N) is 2. The molecule has 0 heterocycles. The van der Waals surface area contributed by atoms with Crippen LogP contribution in [-0.2, 0) is 10.0 Å². The molecule has 0 aliphatic carbocycles. The van der Waals surface area contributed by atoms with Crippen LogP contribution in [0.2, 0.25) is 0 Å². The predicted molar refractivity (Wildman–Crippen MR) is 68.5 cm³/mol. The number of sulfonamides is 1. The molecule has 4 nitrogen and oxygen atoms in total. The van der Waals surface area contributed by atoms with Crippen LogP contribution in [0.25, 0.3) is 0 Å². The van der Waals surface area contributed by atoms with Crippen molar-refractivity contribution in [1.82, 2.24) is 4.72 Å². The first kappa shape index (κ1) is 16.0. The molecule has 0 fully saturated rings. The van der Waals surface area contributed by atoms with Crippen LogP contribution in [0, 0.1) is 11.6 Å². The predicted octanol–water partition coefficient (Wildman–Crippen LogP) is 0.168. The SMILES string of the molecule is CC[NH+](CC)CCNS(=O)(=O)c1c(F)cccc1F. The summed E-state index contributed by atoms with van der Waals surface area (Å²) in [6.45, 7) is 6.43. The van der Waals surface area contributed by atoms with Gasteiger partial charge in [0.25, 0.3) is 0 Å². The van der Waals surface area contributed by atoms with Crippen molar-refractivity contribution in [2.45, 2.75) is 18.7 Å². The molecule has 0 aliphatic heterocycles. The van der Waals surface area contributed by atoms with Crippen LogP contribution in [0.4, 0.5) is 8.78 Å². The number of hydrogen-bond donors (Lipinski definition) is 2. The molecule has 0 aromatic heterocycles. The van der Waals surface area contributed by atoms with E-state index in [1.165, 1.54) is 4.90 Å². The molecular formula is C12H19F2N2O2S+. The Labute approximate surface area is 112 Å². The Hall–Kier alpha value is -1.05. The van der Waals surface area contributed by atoms with Crippen molar-refractivity contribution in [2.75, 3.05) is 26.2 Å². The highest BCUT2D eigenvalue weighted by atomic mass is 32.2. The number of benzene rings is 1. The van der Waals surface area contributed by atoms with Gasteiger partial charge in [0.05, 0.1) is 26.2 Å². The molecule has 0 bridgehead atoms. The van der Waals surface area contributed by atoms with Crippen LogP contribution < -0.4 is 9.62 Å². The Balaban J connectivity index is 2.77. The molecule has 0 saturated carbocycles. The normalized spacial score (nSPS) is 12.1. The average molecular weight is 293 g/mol. The van der Waals surface area contributed by atoms with E-state index >= 15 is 0 Å². The summed E-state index contributed by atoms with van der Waals surface area (Å²) < 4.78 is 52.7. The van der Waals surface area contributed by atoms with Crippen LogP contribution in [0.1, 0.15) is 13.8 Å². The molecule has 0 spiro atoms. The van der Waals surface area contributed by atoms with Crippen LogP contribution in [-0.4, -0.2) is 34.6 Å². The summed E-state index contributed by atoms with van der Waals surface area (Å²) in [6.07, 6.45) is 0. The molecule has 7 heteroatoms. The maximum absolute atomic E-state index is 13.4. The second kappa shape index (κ2) is 6.93. The Morgan fingerprint density at radius 2 is 1.68 bits per heavy atom. The van der Waals surface area contributed by atoms with Gasteiger partial charge in [-0.2, -0.15) is 0 Å². The average Bonchev–Trinajstić information content (AvgIpc) is 2.34. The zero-order valence-electron chi connectivity index (χ0n) is 11.0. The van der Waals surface area contributed by atoms with Gasteiger partial charge < -0.3 is 4.90 Å². The summed E-state index contributed by atoms with van der Waals surface area (Å²) in [7, 11) is -4.15. The maximum atomic E-state index is 13.4. The zero-order chi connectivity index (χ0) is 14.5. The van der Waals surface area contributed by atoms with Crippen LogP contribution in [0.5, 0.6) is 0 Å². The van der Waals surface area contributed by atoms with Gasteiger partial charge in [0.1, 0.15) is 11.6 Å². The van der Waals surface area contributed by atoms with Gasteiger partial charge in [-0.1, -0.05) is 6.07 Å². The second-order valence-electron chi connectivity index (χ2n) is 4.16. The molecule has 0 aliphatic rings. The quantitative estimate of drug-likeness (QED) is 0.753. The lowest BCUT2D eigenvalue weighted by Crippen LogP contribution is -3.12. The molecule has 1 aromatic rings. The van der Waals surface area contributed by atoms with Gasteiger partial charge in [0, 0.05) is 0 Å². The summed E-state index contributed by atoms with van der Waals surface area (Å²) in [6, 6.07) is 2.98. The van der Waals surface area contributed by atoms with E-state index in [1.807, 2.05) is 13.8 Å². The van der Waals surface area contributed by atoms with Gasteiger partial charge in [0.15, 0.2) is 4.90 Å². The van der Waals surface area contributed by atoms with E-state index in [-0.39, 0.29) is 6.54 Å². The fraction of sp³-hybridized carbons (Fsp3) is 0.500. The first-order valence-electron chi connectivity index (χ1n) is 6.19. The largest absolute Gasteiger partial charge is 0.334 e. The molecule has 2 N–H and O–H groups in total. The van der Waals surface area contributed by atoms with Crippen molar-refractivity contribution in [3.63, 3.8) is 0 Å². The minimum Gasteiger partial charge on any atom is -0.334 e. The highest BCUT2D eigenvalue weighted by Crippen LogP contribution is 2.17. The van der Waals surface area contributed by atoms with Crippen molar-refractivity contribution in [1.29, 1.82) is 0 Å². The number of rotatable bonds is 7. The fourth-order valence-electron chi connectivity index (χ4n) is 1.78. The minimum absolute atomic E-state index is 0.146. The van der Waals surface area contributed by atoms with E-state index in [4.69, 9.17) is 0 Å². The molecule has 1 rings (SSSR count). The van der Waals surface area contributed by atoms with Gasteiger partial charge in [-0.25, -0.2) is 21.9 Å². The maximum Gasteiger partial charge on any atom is 0.246 e. The Bertz CT molecular complexity index is 496. The first-order valence-corrected chi connectivity index (χ1v) is 7.68. The number of quaternary nitrogens is 1. The third kappa shape index (κ3) is 4.22. The van der Waals surface area contributed by atoms with E-state index in [1.54, 1.807) is 0 Å². The van der Waals surface area contributed by atoms with E-state index < -0.39 is 26.6 Å². The second-order valence-corrected chi connectivity index (χ2v) is 5.86. The molecule has 19 heavy (non-hydrogen) atoms. The summed E-state index contributed by atoms with van der Waals surface area (Å²) in [4.78, 5) is 0.293. The molecule has 108 valence electrons. The molecule has 0 atom stereocenters. The third-order valence-corrected chi connectivity index (χ3v) is 4.47. The highest BCUT2D eigenvalue weighted by Gasteiger charge is 2.23. The van der Waals surface area contributed by atoms with Crippen LogP contribution >= 0.6 is 0 Å². The summed E-state index contributed by atoms with van der Waals surface area (Å²) in [5, 5.41) is 0. The Morgan fingerprint density at radius 1 is 1.16 bits per heavy atom. The molecule has 0 radical (unpaired) electrons. The monoisotopic (exact) mass is 293 g/mol. The van der Waals surface area contributed by atoms with Crippen molar-refractivity contribution in [3.8, 4) is 0 Å². The topological polar surface area (TPSA) is 50.6 Å². The molecule has 1 aromatic carbocycles. The van der Waals surface area contributed by atoms with E-state index in [0.29, 0.717) is 6.54 Å². The lowest BCUT2D eigenvalue weighted by atomic mass is 10.3. The lowest BCUT2D eigenvalue weighted by molar-refractivity contribution is -0.895. The summed E-state index contributed by atoms with van der Waals surface area (Å²) >= 11 is 0. The van der Waals surface area contributed by atoms with Gasteiger partial charge in [-0.05, 0) is 26.0 Å². The zero-order valence-corrected chi connectivity index (χ0v) is 11.9. The highest BCUT2D eigenvalue weighted by molar-refractivity contribution is 7.89. The Kier molecular flexibility index (Phi) is 5.84. The van der Waals surface area contributed by atoms with E-state index in [0.717, 1.165) is 31.3 Å². The van der Waals surface area contributed by atoms with Gasteiger partial charge >= 0.3 is 0 Å². The number of hydrogen-bond acceptors (Lipinski definition) is 2. The van der Waals surface area contributed by atoms with E-state index in [9.17, 15) is 17.2 Å². The summed E-state index contributed by atoms with van der Waals surface area (Å²) in [5.41, 5.74) is 0. The third-order valence-electron chi connectivity index (χ3n) is 2.96. The first-order chi connectivity index (χ1) is 8.92. The molecular weight excluding hydrogens is 274 g/mol. The Morgan fingerprint density at radius 3 is 2.16 bits per heavy atom. The molecule has 0 saturated heterocycles. The fourth-order valence-corrected chi connectivity index (χ4v) is 2.94. The van der Waals surface area contributed by atoms with Crippen LogP contribution in [0.3, 0.4) is 0 Å². The lowest BCUT2D eigenvalue weighted by Gasteiger charge is -2.15. The number of likely N-dealkylation sites (N-methyl/N-ethyl adjacent to an activating group) is 1. The minimum atomic E-state index is -4.15. The summed E-state index contributed by atoms with van der Waals surface area (Å²) in [5.74, 6) is -2.16. The van der Waals surface area contributed by atoms with Crippen molar-refractivity contribution >= 4 is 10.0 Å². The van der Waals surface area contributed by atoms with Gasteiger partial charge in [0.2, 0.25) is 10.0 Å². The van der Waals surface area contributed by atoms with Gasteiger partial charge in [-0.15, -0.1) is 0 Å². The van der Waals surface area contributed by atoms with Crippen molar-refractivity contribution < 1.29 is 22.1 Å².